The summed E-state index contributed by atoms with van der Waals surface area (Å²) < 4.78 is 67.4. The number of aromatic nitrogens is 2. The number of halogens is 4. The Bertz CT molecular complexity index is 616. The number of nitrogens with one attached hydrogen (secondary N) is 2. The summed E-state index contributed by atoms with van der Waals surface area (Å²) in [7, 11) is -4.02. The minimum atomic E-state index is -4.51. The first-order chi connectivity index (χ1) is 10.7. The average molecular weight is 392 g/mol. The molecule has 1 fully saturated rings. The molecular weight excluding hydrogens is 371 g/mol. The summed E-state index contributed by atoms with van der Waals surface area (Å²) >= 11 is 0. The predicted molar refractivity (Wildman–Crippen MR) is 84.6 cm³/mol. The molecule has 0 saturated carbocycles. The zero-order chi connectivity index (χ0) is 17.1. The lowest BCUT2D eigenvalue weighted by atomic mass is 10.2. The van der Waals surface area contributed by atoms with Crippen LogP contribution in [0.25, 0.3) is 0 Å². The summed E-state index contributed by atoms with van der Waals surface area (Å²) in [5.74, 6) is 0. The highest BCUT2D eigenvalue weighted by Crippen LogP contribution is 2.25. The number of hydrogen-bond donors (Lipinski definition) is 2. The Morgan fingerprint density at radius 1 is 1.38 bits per heavy atom. The molecule has 0 aromatic carbocycles. The summed E-state index contributed by atoms with van der Waals surface area (Å²) in [5, 5.41) is 6.79. The van der Waals surface area contributed by atoms with Crippen molar-refractivity contribution >= 4 is 22.4 Å². The van der Waals surface area contributed by atoms with Gasteiger partial charge in [0.1, 0.15) is 10.9 Å². The van der Waals surface area contributed by atoms with Crippen molar-refractivity contribution in [3.8, 4) is 0 Å². The van der Waals surface area contributed by atoms with Gasteiger partial charge < -0.3 is 5.32 Å². The van der Waals surface area contributed by atoms with E-state index >= 15 is 0 Å². The first-order valence-corrected chi connectivity index (χ1v) is 8.76. The number of alkyl halides is 3. The van der Waals surface area contributed by atoms with E-state index in [0.29, 0.717) is 19.6 Å². The third-order valence-corrected chi connectivity index (χ3v) is 5.06. The fourth-order valence-corrected chi connectivity index (χ4v) is 3.36. The van der Waals surface area contributed by atoms with E-state index in [2.05, 4.69) is 15.1 Å². The maximum Gasteiger partial charge on any atom is 0.405 e. The van der Waals surface area contributed by atoms with Crippen LogP contribution in [0.2, 0.25) is 0 Å². The largest absolute Gasteiger partial charge is 0.405 e. The molecule has 1 saturated heterocycles. The predicted octanol–water partition coefficient (Wildman–Crippen LogP) is 0.439. The van der Waals surface area contributed by atoms with Gasteiger partial charge in [-0.15, -0.1) is 12.4 Å². The molecule has 1 aromatic heterocycles. The lowest BCUT2D eigenvalue weighted by Gasteiger charge is -2.35. The number of aryl methyl sites for hydroxylation is 1. The molecular formula is C12H21ClF3N5O2S. The summed E-state index contributed by atoms with van der Waals surface area (Å²) in [6.07, 6.45) is -2.09. The van der Waals surface area contributed by atoms with Gasteiger partial charge >= 0.3 is 6.18 Å². The van der Waals surface area contributed by atoms with Crippen LogP contribution in [0.1, 0.15) is 6.92 Å². The van der Waals surface area contributed by atoms with E-state index in [-0.39, 0.29) is 30.4 Å². The number of sulfonamides is 1. The second kappa shape index (κ2) is 8.48. The van der Waals surface area contributed by atoms with Crippen molar-refractivity contribution in [2.24, 2.45) is 0 Å². The summed E-state index contributed by atoms with van der Waals surface area (Å²) in [6.45, 7) is 2.87. The first-order valence-electron chi connectivity index (χ1n) is 7.27. The molecule has 2 heterocycles. The molecule has 2 N–H and O–H groups in total. The van der Waals surface area contributed by atoms with Gasteiger partial charge in [0, 0.05) is 45.5 Å². The molecule has 0 bridgehead atoms. The Hall–Kier alpha value is -0.880. The maximum absolute atomic E-state index is 13.2. The molecule has 1 aromatic rings. The smallest absolute Gasteiger partial charge is 0.314 e. The normalized spacial score (nSPS) is 18.2. The lowest BCUT2D eigenvalue weighted by Crippen LogP contribution is -2.57. The van der Waals surface area contributed by atoms with Gasteiger partial charge in [-0.25, -0.2) is 13.1 Å². The summed E-state index contributed by atoms with van der Waals surface area (Å²) in [6, 6.07) is -1.85. The quantitative estimate of drug-likeness (QED) is 0.735. The Morgan fingerprint density at radius 3 is 2.50 bits per heavy atom. The molecule has 7 nitrogen and oxygen atoms in total. The summed E-state index contributed by atoms with van der Waals surface area (Å²) in [4.78, 5) is 1.11. The second-order valence-electron chi connectivity index (χ2n) is 5.23. The van der Waals surface area contributed by atoms with Crippen LogP contribution in [-0.4, -0.2) is 68.0 Å². The zero-order valence-corrected chi connectivity index (χ0v) is 14.7. The molecule has 0 amide bonds. The average Bonchev–Trinajstić information content (AvgIpc) is 2.97. The molecule has 1 aliphatic rings. The number of piperazine rings is 1. The van der Waals surface area contributed by atoms with Crippen molar-refractivity contribution in [1.29, 1.82) is 0 Å². The minimum absolute atomic E-state index is 0. The van der Waals surface area contributed by atoms with Crippen molar-refractivity contribution in [2.45, 2.75) is 30.6 Å². The van der Waals surface area contributed by atoms with E-state index in [1.54, 1.807) is 6.92 Å². The molecule has 24 heavy (non-hydrogen) atoms. The molecule has 12 heteroatoms. The molecule has 0 aliphatic carbocycles. The van der Waals surface area contributed by atoms with Crippen LogP contribution in [-0.2, 0) is 16.6 Å². The number of nitrogens with zero attached hydrogens (tertiary/aromatic N) is 3. The lowest BCUT2D eigenvalue weighted by molar-refractivity contribution is -0.182. The van der Waals surface area contributed by atoms with E-state index < -0.39 is 28.8 Å². The van der Waals surface area contributed by atoms with Crippen LogP contribution < -0.4 is 10.0 Å². The highest BCUT2D eigenvalue weighted by molar-refractivity contribution is 7.89. The van der Waals surface area contributed by atoms with Crippen molar-refractivity contribution in [3.63, 3.8) is 0 Å². The Labute approximate surface area is 145 Å². The van der Waals surface area contributed by atoms with Crippen LogP contribution in [0.5, 0.6) is 0 Å². The molecule has 140 valence electrons. The highest BCUT2D eigenvalue weighted by Gasteiger charge is 2.44. The first kappa shape index (κ1) is 21.2. The Kier molecular flexibility index (Phi) is 7.47. The van der Waals surface area contributed by atoms with E-state index in [0.717, 1.165) is 6.20 Å². The van der Waals surface area contributed by atoms with E-state index in [1.165, 1.54) is 15.8 Å². The van der Waals surface area contributed by atoms with E-state index in [1.807, 2.05) is 0 Å². The van der Waals surface area contributed by atoms with Gasteiger partial charge in [0.25, 0.3) is 0 Å². The SMILES string of the molecule is CCn1cc(S(=O)(=O)NCC(N2CCNCC2)C(F)(F)F)cn1.Cl. The monoisotopic (exact) mass is 391 g/mol. The Balaban J connectivity index is 0.00000288. The molecule has 1 unspecified atom stereocenters. The molecule has 1 atom stereocenters. The summed E-state index contributed by atoms with van der Waals surface area (Å²) in [5.41, 5.74) is 0. The van der Waals surface area contributed by atoms with E-state index in [9.17, 15) is 21.6 Å². The van der Waals surface area contributed by atoms with Gasteiger partial charge in [-0.05, 0) is 6.92 Å². The topological polar surface area (TPSA) is 79.3 Å². The van der Waals surface area contributed by atoms with Crippen LogP contribution >= 0.6 is 12.4 Å². The number of rotatable bonds is 6. The molecule has 1 aliphatic heterocycles. The van der Waals surface area contributed by atoms with Crippen molar-refractivity contribution in [2.75, 3.05) is 32.7 Å². The van der Waals surface area contributed by atoms with Crippen LogP contribution in [0.3, 0.4) is 0 Å². The highest BCUT2D eigenvalue weighted by atomic mass is 35.5. The van der Waals surface area contributed by atoms with Gasteiger partial charge in [0.15, 0.2) is 0 Å². The van der Waals surface area contributed by atoms with Crippen LogP contribution in [0.15, 0.2) is 17.3 Å². The van der Waals surface area contributed by atoms with Gasteiger partial charge in [0.2, 0.25) is 10.0 Å². The zero-order valence-electron chi connectivity index (χ0n) is 13.1. The minimum Gasteiger partial charge on any atom is -0.314 e. The Morgan fingerprint density at radius 2 is 2.00 bits per heavy atom. The van der Waals surface area contributed by atoms with Crippen molar-refractivity contribution < 1.29 is 21.6 Å². The van der Waals surface area contributed by atoms with Crippen LogP contribution in [0.4, 0.5) is 13.2 Å². The van der Waals surface area contributed by atoms with Gasteiger partial charge in [-0.1, -0.05) is 0 Å². The van der Waals surface area contributed by atoms with Gasteiger partial charge in [-0.2, -0.15) is 18.3 Å². The van der Waals surface area contributed by atoms with Gasteiger partial charge in [0.05, 0.1) is 6.20 Å². The van der Waals surface area contributed by atoms with E-state index in [4.69, 9.17) is 0 Å². The van der Waals surface area contributed by atoms with Crippen molar-refractivity contribution in [1.82, 2.24) is 24.7 Å². The number of hydrogen-bond acceptors (Lipinski definition) is 5. The fourth-order valence-electron chi connectivity index (χ4n) is 2.37. The van der Waals surface area contributed by atoms with Gasteiger partial charge in [-0.3, -0.25) is 9.58 Å². The second-order valence-corrected chi connectivity index (χ2v) is 6.99. The third kappa shape index (κ3) is 5.31. The van der Waals surface area contributed by atoms with Crippen LogP contribution in [0, 0.1) is 0 Å². The van der Waals surface area contributed by atoms with Crippen molar-refractivity contribution in [3.05, 3.63) is 12.4 Å². The third-order valence-electron chi connectivity index (χ3n) is 3.68. The maximum atomic E-state index is 13.2. The molecule has 0 radical (unpaired) electrons. The molecule has 2 rings (SSSR count). The molecule has 0 spiro atoms. The fraction of sp³-hybridized carbons (Fsp3) is 0.750. The standard InChI is InChI=1S/C12H20F3N5O2S.ClH/c1-2-20-9-10(7-17-20)23(21,22)18-8-11(12(13,14)15)19-5-3-16-4-6-19;/h7,9,11,16,18H,2-6,8H2,1H3;1H.